The molecule has 2 unspecified atom stereocenters. The van der Waals surface area contributed by atoms with Gasteiger partial charge in [0.15, 0.2) is 0 Å². The zero-order chi connectivity index (χ0) is 14.7. The van der Waals surface area contributed by atoms with Gasteiger partial charge in [-0.2, -0.15) is 0 Å². The number of aromatic nitrogens is 1. The lowest BCUT2D eigenvalue weighted by atomic mass is 9.86. The van der Waals surface area contributed by atoms with Crippen LogP contribution in [0.2, 0.25) is 0 Å². The standard InChI is InChI=1S/C18H24N2O/c1-3-11-20-17(18(2)10-6-13-21-18)15-9-4-7-14-8-5-12-19-16(14)15/h4-5,7-9,12,17,20H,3,6,10-11,13H2,1-2H3. The highest BCUT2D eigenvalue weighted by atomic mass is 16.5. The van der Waals surface area contributed by atoms with E-state index >= 15 is 0 Å². The quantitative estimate of drug-likeness (QED) is 0.905. The normalized spacial score (nSPS) is 23.5. The first-order valence-electron chi connectivity index (χ1n) is 7.95. The molecule has 1 aromatic heterocycles. The molecule has 112 valence electrons. The van der Waals surface area contributed by atoms with Crippen molar-refractivity contribution in [3.8, 4) is 0 Å². The number of ether oxygens (including phenoxy) is 1. The molecule has 1 aliphatic rings. The molecule has 3 rings (SSSR count). The van der Waals surface area contributed by atoms with Crippen molar-refractivity contribution in [1.82, 2.24) is 10.3 Å². The summed E-state index contributed by atoms with van der Waals surface area (Å²) in [5.41, 5.74) is 2.21. The molecule has 0 radical (unpaired) electrons. The lowest BCUT2D eigenvalue weighted by Gasteiger charge is -2.35. The van der Waals surface area contributed by atoms with Crippen LogP contribution >= 0.6 is 0 Å². The first kappa shape index (κ1) is 14.5. The second-order valence-electron chi connectivity index (χ2n) is 6.07. The third kappa shape index (κ3) is 2.81. The molecule has 1 aromatic carbocycles. The third-order valence-corrected chi connectivity index (χ3v) is 4.43. The van der Waals surface area contributed by atoms with E-state index in [1.165, 1.54) is 10.9 Å². The molecule has 0 spiro atoms. The molecule has 0 aliphatic carbocycles. The van der Waals surface area contributed by atoms with Crippen molar-refractivity contribution >= 4 is 10.9 Å². The minimum Gasteiger partial charge on any atom is -0.373 e. The highest BCUT2D eigenvalue weighted by Gasteiger charge is 2.39. The Balaban J connectivity index is 2.05. The number of hydrogen-bond donors (Lipinski definition) is 1. The third-order valence-electron chi connectivity index (χ3n) is 4.43. The molecule has 1 saturated heterocycles. The molecule has 1 fully saturated rings. The number of nitrogens with one attached hydrogen (secondary N) is 1. The zero-order valence-electron chi connectivity index (χ0n) is 12.9. The first-order chi connectivity index (χ1) is 10.2. The summed E-state index contributed by atoms with van der Waals surface area (Å²) in [7, 11) is 0. The van der Waals surface area contributed by atoms with Gasteiger partial charge < -0.3 is 10.1 Å². The number of pyridine rings is 1. The van der Waals surface area contributed by atoms with E-state index in [9.17, 15) is 0 Å². The molecule has 3 heteroatoms. The van der Waals surface area contributed by atoms with Gasteiger partial charge in [-0.3, -0.25) is 4.98 Å². The van der Waals surface area contributed by atoms with Gasteiger partial charge in [-0.25, -0.2) is 0 Å². The maximum Gasteiger partial charge on any atom is 0.0849 e. The topological polar surface area (TPSA) is 34.2 Å². The summed E-state index contributed by atoms with van der Waals surface area (Å²) >= 11 is 0. The number of hydrogen-bond acceptors (Lipinski definition) is 3. The van der Waals surface area contributed by atoms with Gasteiger partial charge in [0, 0.05) is 18.2 Å². The van der Waals surface area contributed by atoms with Gasteiger partial charge in [-0.15, -0.1) is 0 Å². The average Bonchev–Trinajstić information content (AvgIpc) is 2.95. The van der Waals surface area contributed by atoms with Gasteiger partial charge in [0.2, 0.25) is 0 Å². The van der Waals surface area contributed by atoms with Crippen LogP contribution in [0.15, 0.2) is 36.5 Å². The van der Waals surface area contributed by atoms with Crippen LogP contribution in [0.3, 0.4) is 0 Å². The summed E-state index contributed by atoms with van der Waals surface area (Å²) in [6.07, 6.45) is 5.22. The van der Waals surface area contributed by atoms with E-state index in [-0.39, 0.29) is 11.6 Å². The highest BCUT2D eigenvalue weighted by molar-refractivity contribution is 5.82. The summed E-state index contributed by atoms with van der Waals surface area (Å²) < 4.78 is 6.11. The molecule has 2 atom stereocenters. The van der Waals surface area contributed by atoms with Crippen molar-refractivity contribution < 1.29 is 4.74 Å². The van der Waals surface area contributed by atoms with Crippen molar-refractivity contribution in [2.45, 2.75) is 44.8 Å². The van der Waals surface area contributed by atoms with Crippen LogP contribution in [0.4, 0.5) is 0 Å². The maximum atomic E-state index is 6.11. The van der Waals surface area contributed by atoms with Crippen molar-refractivity contribution in [2.24, 2.45) is 0 Å². The Bertz CT molecular complexity index is 600. The Morgan fingerprint density at radius 3 is 2.95 bits per heavy atom. The summed E-state index contributed by atoms with van der Waals surface area (Å²) in [5, 5.41) is 4.89. The van der Waals surface area contributed by atoms with Gasteiger partial charge >= 0.3 is 0 Å². The summed E-state index contributed by atoms with van der Waals surface area (Å²) in [6, 6.07) is 10.8. The minimum atomic E-state index is -0.138. The smallest absolute Gasteiger partial charge is 0.0849 e. The molecule has 0 saturated carbocycles. The van der Waals surface area contributed by atoms with E-state index in [1.807, 2.05) is 12.3 Å². The predicted molar refractivity (Wildman–Crippen MR) is 86.4 cm³/mol. The fraction of sp³-hybridized carbons (Fsp3) is 0.500. The summed E-state index contributed by atoms with van der Waals surface area (Å²) in [5.74, 6) is 0. The Morgan fingerprint density at radius 1 is 1.33 bits per heavy atom. The fourth-order valence-electron chi connectivity index (χ4n) is 3.33. The number of nitrogens with zero attached hydrogens (tertiary/aromatic N) is 1. The second-order valence-corrected chi connectivity index (χ2v) is 6.07. The highest BCUT2D eigenvalue weighted by Crippen LogP contribution is 2.39. The molecule has 0 bridgehead atoms. The minimum absolute atomic E-state index is 0.138. The molecular formula is C18H24N2O. The molecule has 2 heterocycles. The molecule has 3 nitrogen and oxygen atoms in total. The van der Waals surface area contributed by atoms with Gasteiger partial charge in [0.05, 0.1) is 17.2 Å². The van der Waals surface area contributed by atoms with E-state index in [0.29, 0.717) is 0 Å². The van der Waals surface area contributed by atoms with Crippen molar-refractivity contribution in [3.63, 3.8) is 0 Å². The van der Waals surface area contributed by atoms with E-state index in [1.54, 1.807) is 0 Å². The van der Waals surface area contributed by atoms with Crippen LogP contribution in [0.25, 0.3) is 10.9 Å². The van der Waals surface area contributed by atoms with Crippen LogP contribution in [-0.2, 0) is 4.74 Å². The summed E-state index contributed by atoms with van der Waals surface area (Å²) in [4.78, 5) is 4.62. The Morgan fingerprint density at radius 2 is 2.19 bits per heavy atom. The molecule has 2 aromatic rings. The van der Waals surface area contributed by atoms with Crippen LogP contribution < -0.4 is 5.32 Å². The van der Waals surface area contributed by atoms with Crippen LogP contribution in [0.1, 0.15) is 44.7 Å². The van der Waals surface area contributed by atoms with E-state index < -0.39 is 0 Å². The van der Waals surface area contributed by atoms with Gasteiger partial charge in [-0.1, -0.05) is 31.2 Å². The molecule has 21 heavy (non-hydrogen) atoms. The Kier molecular flexibility index (Phi) is 4.22. The largest absolute Gasteiger partial charge is 0.373 e. The predicted octanol–water partition coefficient (Wildman–Crippen LogP) is 3.84. The van der Waals surface area contributed by atoms with Crippen LogP contribution in [0, 0.1) is 0 Å². The maximum absolute atomic E-state index is 6.11. The lowest BCUT2D eigenvalue weighted by Crippen LogP contribution is -2.41. The molecular weight excluding hydrogens is 260 g/mol. The average molecular weight is 284 g/mol. The van der Waals surface area contributed by atoms with Gasteiger partial charge in [0.1, 0.15) is 0 Å². The SMILES string of the molecule is CCCNC(c1cccc2cccnc12)C1(C)CCCO1. The van der Waals surface area contributed by atoms with E-state index in [2.05, 4.69) is 48.4 Å². The molecule has 1 N–H and O–H groups in total. The monoisotopic (exact) mass is 284 g/mol. The lowest BCUT2D eigenvalue weighted by molar-refractivity contribution is -0.0121. The van der Waals surface area contributed by atoms with Gasteiger partial charge in [-0.05, 0) is 44.4 Å². The second kappa shape index (κ2) is 6.12. The Labute approximate surface area is 126 Å². The number of fused-ring (bicyclic) bond motifs is 1. The van der Waals surface area contributed by atoms with Crippen molar-refractivity contribution in [1.29, 1.82) is 0 Å². The first-order valence-corrected chi connectivity index (χ1v) is 7.95. The van der Waals surface area contributed by atoms with E-state index in [4.69, 9.17) is 4.74 Å². The van der Waals surface area contributed by atoms with Crippen LogP contribution in [-0.4, -0.2) is 23.7 Å². The molecule has 0 amide bonds. The van der Waals surface area contributed by atoms with Crippen LogP contribution in [0.5, 0.6) is 0 Å². The van der Waals surface area contributed by atoms with Crippen molar-refractivity contribution in [2.75, 3.05) is 13.2 Å². The molecule has 1 aliphatic heterocycles. The van der Waals surface area contributed by atoms with E-state index in [0.717, 1.165) is 37.9 Å². The number of para-hydroxylation sites is 1. The number of rotatable bonds is 5. The van der Waals surface area contributed by atoms with Gasteiger partial charge in [0.25, 0.3) is 0 Å². The van der Waals surface area contributed by atoms with Crippen molar-refractivity contribution in [3.05, 3.63) is 42.1 Å². The summed E-state index contributed by atoms with van der Waals surface area (Å²) in [6.45, 7) is 6.28. The zero-order valence-corrected chi connectivity index (χ0v) is 12.9. The Hall–Kier alpha value is -1.45. The fourth-order valence-corrected chi connectivity index (χ4v) is 3.33. The number of benzene rings is 1.